The van der Waals surface area contributed by atoms with Crippen LogP contribution in [0.1, 0.15) is 5.56 Å². The van der Waals surface area contributed by atoms with Gasteiger partial charge in [-0.1, -0.05) is 15.9 Å². The van der Waals surface area contributed by atoms with Gasteiger partial charge in [-0.2, -0.15) is 5.26 Å². The SMILES string of the molecule is N#Cc1cc(Br)ccc1Oc1ccc([N+](=O)[O-])cc1F. The summed E-state index contributed by atoms with van der Waals surface area (Å²) in [5.74, 6) is -0.885. The lowest BCUT2D eigenvalue weighted by molar-refractivity contribution is -0.385. The molecule has 5 nitrogen and oxygen atoms in total. The molecule has 0 saturated heterocycles. The number of rotatable bonds is 3. The number of nitro benzene ring substituents is 1. The number of benzene rings is 2. The standard InChI is InChI=1S/C13H6BrFN2O3/c14-9-1-3-12(8(5-9)7-16)20-13-4-2-10(17(18)19)6-11(13)15/h1-6H. The number of non-ortho nitro benzene ring substituents is 1. The largest absolute Gasteiger partial charge is 0.453 e. The summed E-state index contributed by atoms with van der Waals surface area (Å²) in [6.07, 6.45) is 0. The van der Waals surface area contributed by atoms with E-state index in [0.717, 1.165) is 18.2 Å². The van der Waals surface area contributed by atoms with Crippen molar-refractivity contribution in [3.8, 4) is 17.6 Å². The van der Waals surface area contributed by atoms with Crippen LogP contribution in [0, 0.1) is 27.3 Å². The highest BCUT2D eigenvalue weighted by molar-refractivity contribution is 9.10. The Kier molecular flexibility index (Phi) is 3.96. The van der Waals surface area contributed by atoms with Gasteiger partial charge < -0.3 is 4.74 Å². The third kappa shape index (κ3) is 2.92. The zero-order valence-corrected chi connectivity index (χ0v) is 11.4. The second-order valence-electron chi connectivity index (χ2n) is 3.73. The molecule has 100 valence electrons. The topological polar surface area (TPSA) is 76.2 Å². The van der Waals surface area contributed by atoms with Crippen molar-refractivity contribution in [2.24, 2.45) is 0 Å². The summed E-state index contributed by atoms with van der Waals surface area (Å²) >= 11 is 3.21. The van der Waals surface area contributed by atoms with Crippen molar-refractivity contribution in [3.63, 3.8) is 0 Å². The summed E-state index contributed by atoms with van der Waals surface area (Å²) < 4.78 is 19.7. The lowest BCUT2D eigenvalue weighted by atomic mass is 10.2. The van der Waals surface area contributed by atoms with Crippen LogP contribution in [-0.2, 0) is 0 Å². The van der Waals surface area contributed by atoms with E-state index in [4.69, 9.17) is 10.00 Å². The van der Waals surface area contributed by atoms with Crippen LogP contribution in [0.15, 0.2) is 40.9 Å². The molecule has 0 N–H and O–H groups in total. The number of nitrogens with zero attached hydrogens (tertiary/aromatic N) is 2. The molecule has 0 bridgehead atoms. The van der Waals surface area contributed by atoms with Crippen molar-refractivity contribution < 1.29 is 14.1 Å². The minimum atomic E-state index is -0.869. The normalized spacial score (nSPS) is 9.85. The Bertz CT molecular complexity index is 728. The molecule has 0 spiro atoms. The Balaban J connectivity index is 2.36. The van der Waals surface area contributed by atoms with E-state index in [1.165, 1.54) is 12.1 Å². The molecule has 2 aromatic rings. The molecule has 0 fully saturated rings. The van der Waals surface area contributed by atoms with Crippen molar-refractivity contribution in [3.05, 3.63) is 62.4 Å². The Morgan fingerprint density at radius 2 is 1.95 bits per heavy atom. The zero-order chi connectivity index (χ0) is 14.7. The Morgan fingerprint density at radius 3 is 2.55 bits per heavy atom. The number of hydrogen-bond donors (Lipinski definition) is 0. The molecule has 0 amide bonds. The lowest BCUT2D eigenvalue weighted by Gasteiger charge is -2.08. The van der Waals surface area contributed by atoms with Gasteiger partial charge in [0.2, 0.25) is 0 Å². The van der Waals surface area contributed by atoms with E-state index in [9.17, 15) is 14.5 Å². The van der Waals surface area contributed by atoms with E-state index < -0.39 is 10.7 Å². The molecule has 0 aliphatic rings. The molecule has 0 aliphatic heterocycles. The van der Waals surface area contributed by atoms with E-state index in [1.807, 2.05) is 6.07 Å². The summed E-state index contributed by atoms with van der Waals surface area (Å²) in [6.45, 7) is 0. The average molecular weight is 337 g/mol. The lowest BCUT2D eigenvalue weighted by Crippen LogP contribution is -1.94. The summed E-state index contributed by atoms with van der Waals surface area (Å²) in [6, 6.07) is 9.63. The third-order valence-corrected chi connectivity index (χ3v) is 2.90. The van der Waals surface area contributed by atoms with Gasteiger partial charge in [-0.05, 0) is 24.3 Å². The minimum Gasteiger partial charge on any atom is -0.453 e. The number of ether oxygens (including phenoxy) is 1. The molecule has 0 heterocycles. The quantitative estimate of drug-likeness (QED) is 0.622. The molecule has 2 aromatic carbocycles. The molecule has 0 aromatic heterocycles. The number of halogens is 2. The summed E-state index contributed by atoms with van der Waals surface area (Å²) in [5.41, 5.74) is -0.150. The van der Waals surface area contributed by atoms with Gasteiger partial charge in [0, 0.05) is 10.5 Å². The average Bonchev–Trinajstić information content (AvgIpc) is 2.42. The van der Waals surface area contributed by atoms with E-state index in [0.29, 0.717) is 4.47 Å². The van der Waals surface area contributed by atoms with Crippen molar-refractivity contribution in [2.75, 3.05) is 0 Å². The van der Waals surface area contributed by atoms with Crippen LogP contribution in [0.2, 0.25) is 0 Å². The van der Waals surface area contributed by atoms with E-state index in [1.54, 1.807) is 6.07 Å². The first-order valence-electron chi connectivity index (χ1n) is 5.32. The Labute approximate surface area is 121 Å². The molecule has 0 unspecified atom stereocenters. The fraction of sp³-hybridized carbons (Fsp3) is 0. The smallest absolute Gasteiger partial charge is 0.272 e. The van der Waals surface area contributed by atoms with Crippen LogP contribution < -0.4 is 4.74 Å². The highest BCUT2D eigenvalue weighted by Crippen LogP contribution is 2.30. The van der Waals surface area contributed by atoms with Crippen molar-refractivity contribution in [1.82, 2.24) is 0 Å². The minimum absolute atomic E-state index is 0.170. The van der Waals surface area contributed by atoms with E-state index in [2.05, 4.69) is 15.9 Å². The maximum Gasteiger partial charge on any atom is 0.272 e. The first-order valence-corrected chi connectivity index (χ1v) is 6.12. The molecular weight excluding hydrogens is 331 g/mol. The molecule has 0 radical (unpaired) electrons. The van der Waals surface area contributed by atoms with Gasteiger partial charge in [-0.15, -0.1) is 0 Å². The molecule has 0 saturated carbocycles. The predicted molar refractivity (Wildman–Crippen MR) is 72.0 cm³/mol. The highest BCUT2D eigenvalue weighted by Gasteiger charge is 2.13. The second kappa shape index (κ2) is 5.67. The van der Waals surface area contributed by atoms with Crippen LogP contribution in [0.3, 0.4) is 0 Å². The van der Waals surface area contributed by atoms with Gasteiger partial charge in [-0.3, -0.25) is 10.1 Å². The van der Waals surface area contributed by atoms with Crippen LogP contribution in [0.25, 0.3) is 0 Å². The maximum atomic E-state index is 13.7. The summed E-state index contributed by atoms with van der Waals surface area (Å²) in [7, 11) is 0. The van der Waals surface area contributed by atoms with E-state index in [-0.39, 0.29) is 22.7 Å². The van der Waals surface area contributed by atoms with Crippen LogP contribution in [-0.4, -0.2) is 4.92 Å². The van der Waals surface area contributed by atoms with Crippen molar-refractivity contribution >= 4 is 21.6 Å². The second-order valence-corrected chi connectivity index (χ2v) is 4.64. The molecule has 20 heavy (non-hydrogen) atoms. The number of nitriles is 1. The Morgan fingerprint density at radius 1 is 1.25 bits per heavy atom. The molecule has 0 aliphatic carbocycles. The molecule has 0 atom stereocenters. The van der Waals surface area contributed by atoms with Gasteiger partial charge >= 0.3 is 0 Å². The predicted octanol–water partition coefficient (Wildman–Crippen LogP) is 4.16. The van der Waals surface area contributed by atoms with Gasteiger partial charge in [-0.25, -0.2) is 4.39 Å². The van der Waals surface area contributed by atoms with E-state index >= 15 is 0 Å². The summed E-state index contributed by atoms with van der Waals surface area (Å²) in [5, 5.41) is 19.5. The first-order chi connectivity index (χ1) is 9.51. The highest BCUT2D eigenvalue weighted by atomic mass is 79.9. The van der Waals surface area contributed by atoms with Gasteiger partial charge in [0.15, 0.2) is 11.6 Å². The summed E-state index contributed by atoms with van der Waals surface area (Å²) in [4.78, 5) is 9.81. The fourth-order valence-corrected chi connectivity index (χ4v) is 1.84. The van der Waals surface area contributed by atoms with Crippen LogP contribution in [0.4, 0.5) is 10.1 Å². The van der Waals surface area contributed by atoms with Gasteiger partial charge in [0.25, 0.3) is 5.69 Å². The van der Waals surface area contributed by atoms with Gasteiger partial charge in [0.05, 0.1) is 16.6 Å². The maximum absolute atomic E-state index is 13.7. The van der Waals surface area contributed by atoms with Gasteiger partial charge in [0.1, 0.15) is 11.8 Å². The van der Waals surface area contributed by atoms with Crippen molar-refractivity contribution in [2.45, 2.75) is 0 Å². The molecule has 7 heteroatoms. The Hall–Kier alpha value is -2.46. The molecule has 2 rings (SSSR count). The van der Waals surface area contributed by atoms with Crippen LogP contribution >= 0.6 is 15.9 Å². The zero-order valence-electron chi connectivity index (χ0n) is 9.84. The number of hydrogen-bond acceptors (Lipinski definition) is 4. The number of nitro groups is 1. The first kappa shape index (κ1) is 14.0. The third-order valence-electron chi connectivity index (χ3n) is 2.41. The van der Waals surface area contributed by atoms with Crippen LogP contribution in [0.5, 0.6) is 11.5 Å². The monoisotopic (exact) mass is 336 g/mol. The fourth-order valence-electron chi connectivity index (χ4n) is 1.48. The molecular formula is C13H6BrFN2O3. The van der Waals surface area contributed by atoms with Crippen molar-refractivity contribution in [1.29, 1.82) is 5.26 Å².